The fourth-order valence-electron chi connectivity index (χ4n) is 0. The molecule has 0 aromatic carbocycles. The largest absolute Gasteiger partial charge is 0 e. The minimum absolute atomic E-state index is 0. The van der Waals surface area contributed by atoms with Gasteiger partial charge in [-0.1, -0.05) is 0 Å². The minimum Gasteiger partial charge on any atom is 0 e. The molecule has 0 aliphatic rings. The fourth-order valence-corrected chi connectivity index (χ4v) is 0. The van der Waals surface area contributed by atoms with E-state index in [4.69, 9.17) is 0 Å². The Kier molecular flexibility index (Phi) is 173. The van der Waals surface area contributed by atoms with Crippen LogP contribution < -0.4 is 0 Å². The summed E-state index contributed by atoms with van der Waals surface area (Å²) in [5.74, 6) is 0. The fraction of sp³-hybridized carbons (Fsp3) is 0. The predicted molar refractivity (Wildman–Crippen MR) is 17.3 cm³/mol. The third-order valence-corrected chi connectivity index (χ3v) is 0. The maximum Gasteiger partial charge on any atom is 0 e. The van der Waals surface area contributed by atoms with Crippen molar-refractivity contribution in [3.8, 4) is 0 Å². The third-order valence-electron chi connectivity index (χ3n) is 0. The molecule has 0 saturated carbocycles. The SMILES string of the molecule is [Au].[Au].[In].[In].[In]. The molecule has 0 rings (SSSR count). The van der Waals surface area contributed by atoms with Crippen LogP contribution in [0.2, 0.25) is 0 Å². The molecule has 0 nitrogen and oxygen atoms in total. The first-order valence-corrected chi connectivity index (χ1v) is 0. The van der Waals surface area contributed by atoms with E-state index in [2.05, 4.69) is 0 Å². The van der Waals surface area contributed by atoms with Crippen molar-refractivity contribution in [2.75, 3.05) is 0 Å². The van der Waals surface area contributed by atoms with Crippen molar-refractivity contribution >= 4 is 77.5 Å². The summed E-state index contributed by atoms with van der Waals surface area (Å²) in [5, 5.41) is 0. The molecule has 0 spiro atoms. The second-order valence-corrected chi connectivity index (χ2v) is 0. The minimum atomic E-state index is 0. The first kappa shape index (κ1) is 35.6. The van der Waals surface area contributed by atoms with Crippen molar-refractivity contribution in [3.05, 3.63) is 0 Å². The molecule has 0 unspecified atom stereocenters. The Hall–Kier alpha value is 4.09. The van der Waals surface area contributed by atoms with Crippen LogP contribution in [0.3, 0.4) is 0 Å². The van der Waals surface area contributed by atoms with Gasteiger partial charge in [0.15, 0.2) is 0 Å². The Morgan fingerprint density at radius 2 is 0.400 bits per heavy atom. The molecule has 0 aliphatic heterocycles. The maximum absolute atomic E-state index is 0. The van der Waals surface area contributed by atoms with Gasteiger partial charge in [0.25, 0.3) is 0 Å². The monoisotopic (exact) mass is 739 g/mol. The average molecular weight is 738 g/mol. The third kappa shape index (κ3) is 17.9. The smallest absolute Gasteiger partial charge is 0 e. The Morgan fingerprint density at radius 1 is 0.400 bits per heavy atom. The van der Waals surface area contributed by atoms with Crippen LogP contribution in [0.25, 0.3) is 0 Å². The van der Waals surface area contributed by atoms with E-state index in [1.165, 1.54) is 0 Å². The number of hydrogen-bond donors (Lipinski definition) is 0. The van der Waals surface area contributed by atoms with Gasteiger partial charge in [-0.3, -0.25) is 0 Å². The van der Waals surface area contributed by atoms with E-state index in [0.29, 0.717) is 0 Å². The summed E-state index contributed by atoms with van der Waals surface area (Å²) in [6.07, 6.45) is 0. The Morgan fingerprint density at radius 3 is 0.400 bits per heavy atom. The van der Waals surface area contributed by atoms with Gasteiger partial charge in [0.2, 0.25) is 0 Å². The molecule has 31 valence electrons. The molecule has 0 saturated heterocycles. The molecule has 0 bridgehead atoms. The van der Waals surface area contributed by atoms with E-state index in [1.54, 1.807) is 0 Å². The summed E-state index contributed by atoms with van der Waals surface area (Å²) in [5.41, 5.74) is 0. The molecule has 0 N–H and O–H groups in total. The van der Waals surface area contributed by atoms with Crippen LogP contribution in [0.5, 0.6) is 0 Å². The quantitative estimate of drug-likeness (QED) is 0.276. The molecule has 0 aliphatic carbocycles. The van der Waals surface area contributed by atoms with Gasteiger partial charge < -0.3 is 0 Å². The molecular weight excluding hydrogens is 738 g/mol. The zero-order valence-corrected chi connectivity index (χ0v) is 16.6. The van der Waals surface area contributed by atoms with Crippen LogP contribution in [0.4, 0.5) is 0 Å². The second-order valence-electron chi connectivity index (χ2n) is 0. The van der Waals surface area contributed by atoms with Crippen molar-refractivity contribution in [1.82, 2.24) is 0 Å². The number of hydrogen-bond acceptors (Lipinski definition) is 0. The van der Waals surface area contributed by atoms with E-state index in [-0.39, 0.29) is 122 Å². The normalized spacial score (nSPS) is 0. The van der Waals surface area contributed by atoms with Crippen LogP contribution in [0.15, 0.2) is 0 Å². The van der Waals surface area contributed by atoms with E-state index < -0.39 is 0 Å². The predicted octanol–water partition coefficient (Wildman–Crippen LogP) is -1.15. The van der Waals surface area contributed by atoms with E-state index >= 15 is 0 Å². The average Bonchev–Trinajstić information content (AvgIpc) is 0. The molecular formula is Au2In3. The first-order chi connectivity index (χ1) is 0. The molecule has 5 heteroatoms. The number of rotatable bonds is 0. The molecule has 0 atom stereocenters. The van der Waals surface area contributed by atoms with Crippen molar-refractivity contribution in [3.63, 3.8) is 0 Å². The summed E-state index contributed by atoms with van der Waals surface area (Å²) >= 11 is 0. The van der Waals surface area contributed by atoms with Gasteiger partial charge in [-0.15, -0.1) is 0 Å². The Labute approximate surface area is 119 Å². The van der Waals surface area contributed by atoms with Gasteiger partial charge in [0.1, 0.15) is 0 Å². The first-order valence-electron chi connectivity index (χ1n) is 0. The topological polar surface area (TPSA) is 0 Å². The Balaban J connectivity index is 0. The molecule has 0 aromatic heterocycles. The van der Waals surface area contributed by atoms with Gasteiger partial charge in [-0.25, -0.2) is 0 Å². The molecule has 5 heavy (non-hydrogen) atoms. The molecule has 0 aromatic rings. The van der Waals surface area contributed by atoms with Gasteiger partial charge in [-0.2, -0.15) is 0 Å². The van der Waals surface area contributed by atoms with E-state index in [9.17, 15) is 0 Å². The summed E-state index contributed by atoms with van der Waals surface area (Å²) in [6.45, 7) is 0. The van der Waals surface area contributed by atoms with Crippen molar-refractivity contribution in [2.24, 2.45) is 0 Å². The van der Waals surface area contributed by atoms with Crippen LogP contribution in [0, 0.1) is 0 Å². The summed E-state index contributed by atoms with van der Waals surface area (Å²) in [7, 11) is 0. The van der Waals surface area contributed by atoms with Gasteiger partial charge in [-0.05, 0) is 0 Å². The van der Waals surface area contributed by atoms with Crippen LogP contribution >= 0.6 is 0 Å². The maximum atomic E-state index is 0. The van der Waals surface area contributed by atoms with E-state index in [1.807, 2.05) is 0 Å². The van der Waals surface area contributed by atoms with Crippen molar-refractivity contribution in [2.45, 2.75) is 0 Å². The van der Waals surface area contributed by atoms with Crippen molar-refractivity contribution < 1.29 is 44.8 Å². The van der Waals surface area contributed by atoms with Gasteiger partial charge >= 0.3 is 0 Å². The molecule has 11 radical (unpaired) electrons. The molecule has 0 heterocycles. The zero-order chi connectivity index (χ0) is 0. The van der Waals surface area contributed by atoms with Gasteiger partial charge in [0, 0.05) is 122 Å². The second kappa shape index (κ2) is 24.3. The summed E-state index contributed by atoms with van der Waals surface area (Å²) in [6, 6.07) is 0. The summed E-state index contributed by atoms with van der Waals surface area (Å²) < 4.78 is 0. The summed E-state index contributed by atoms with van der Waals surface area (Å²) in [4.78, 5) is 0. The van der Waals surface area contributed by atoms with Crippen LogP contribution in [0.1, 0.15) is 0 Å². The van der Waals surface area contributed by atoms with Crippen LogP contribution in [-0.4, -0.2) is 77.5 Å². The Bertz CT molecular complexity index is 4.85. The van der Waals surface area contributed by atoms with Crippen LogP contribution in [-0.2, 0) is 44.8 Å². The van der Waals surface area contributed by atoms with Crippen molar-refractivity contribution in [1.29, 1.82) is 0 Å². The standard InChI is InChI=1S/2Au.3In. The zero-order valence-electron chi connectivity index (χ0n) is 2.34. The molecule has 0 fully saturated rings. The molecule has 0 amide bonds. The van der Waals surface area contributed by atoms with Gasteiger partial charge in [0.05, 0.1) is 0 Å². The van der Waals surface area contributed by atoms with E-state index in [0.717, 1.165) is 0 Å².